The highest BCUT2D eigenvalue weighted by atomic mass is 16.5. The molecular formula is C13H18N4O5. The monoisotopic (exact) mass is 310 g/mol. The van der Waals surface area contributed by atoms with E-state index in [0.717, 1.165) is 0 Å². The minimum absolute atomic E-state index is 0.0514. The second-order valence-corrected chi connectivity index (χ2v) is 4.92. The van der Waals surface area contributed by atoms with Gasteiger partial charge in [0.2, 0.25) is 0 Å². The lowest BCUT2D eigenvalue weighted by molar-refractivity contribution is -0.0460. The third-order valence-corrected chi connectivity index (χ3v) is 3.37. The number of ether oxygens (including phenoxy) is 2. The maximum atomic E-state index is 11.9. The molecule has 0 radical (unpaired) electrons. The van der Waals surface area contributed by atoms with Crippen LogP contribution in [-0.4, -0.2) is 45.2 Å². The molecule has 1 aliphatic heterocycles. The molecular weight excluding hydrogens is 292 g/mol. The minimum Gasteiger partial charge on any atom is -0.394 e. The maximum Gasteiger partial charge on any atom is 0.351 e. The molecule has 4 N–H and O–H groups in total. The summed E-state index contributed by atoms with van der Waals surface area (Å²) in [4.78, 5) is 15.6. The van der Waals surface area contributed by atoms with E-state index in [2.05, 4.69) is 4.98 Å². The van der Waals surface area contributed by atoms with Gasteiger partial charge in [-0.3, -0.25) is 4.57 Å². The van der Waals surface area contributed by atoms with Crippen molar-refractivity contribution in [3.05, 3.63) is 22.2 Å². The zero-order chi connectivity index (χ0) is 16.1. The first-order valence-corrected chi connectivity index (χ1v) is 6.83. The number of aromatic nitrogens is 2. The first-order valence-electron chi connectivity index (χ1n) is 6.83. The van der Waals surface area contributed by atoms with Crippen LogP contribution in [0.1, 0.15) is 24.6 Å². The van der Waals surface area contributed by atoms with Crippen molar-refractivity contribution < 1.29 is 19.7 Å². The second-order valence-electron chi connectivity index (χ2n) is 4.92. The van der Waals surface area contributed by atoms with Crippen LogP contribution < -0.4 is 11.4 Å². The lowest BCUT2D eigenvalue weighted by Gasteiger charge is -2.16. The molecule has 0 amide bonds. The molecule has 0 spiro atoms. The van der Waals surface area contributed by atoms with Gasteiger partial charge in [-0.15, -0.1) is 0 Å². The number of rotatable bonds is 6. The lowest BCUT2D eigenvalue weighted by Crippen LogP contribution is -2.29. The molecule has 2 rings (SSSR count). The van der Waals surface area contributed by atoms with Crippen LogP contribution in [0.2, 0.25) is 0 Å². The molecule has 0 saturated carbocycles. The molecule has 0 bridgehead atoms. The molecule has 22 heavy (non-hydrogen) atoms. The summed E-state index contributed by atoms with van der Waals surface area (Å²) in [5.74, 6) is 0.0514. The van der Waals surface area contributed by atoms with Gasteiger partial charge >= 0.3 is 5.69 Å². The van der Waals surface area contributed by atoms with Crippen LogP contribution >= 0.6 is 0 Å². The standard InChI is InChI=1S/C13H18N4O5/c14-2-1-3-21-7-8-5-17(13(20)16-12(8)15)11-4-9(19)10(6-18)22-11/h5,9-11,18-19H,1,3-4,6-7H2,(H2,15,16,20)/t9-,10+,11+/m0/s1. The highest BCUT2D eigenvalue weighted by Gasteiger charge is 2.35. The SMILES string of the molecule is N#CCCOCc1cn([C@H]2C[C@H](O)[C@@H](CO)O2)c(=O)nc1N. The van der Waals surface area contributed by atoms with E-state index in [1.54, 1.807) is 0 Å². The fourth-order valence-electron chi connectivity index (χ4n) is 2.19. The van der Waals surface area contributed by atoms with Crippen LogP contribution in [0, 0.1) is 11.3 Å². The molecule has 120 valence electrons. The van der Waals surface area contributed by atoms with Gasteiger partial charge in [0.15, 0.2) is 0 Å². The molecule has 0 aromatic carbocycles. The Bertz CT molecular complexity index is 611. The molecule has 1 saturated heterocycles. The summed E-state index contributed by atoms with van der Waals surface area (Å²) in [6, 6.07) is 1.95. The van der Waals surface area contributed by atoms with Crippen molar-refractivity contribution in [3.8, 4) is 6.07 Å². The Morgan fingerprint density at radius 1 is 1.64 bits per heavy atom. The van der Waals surface area contributed by atoms with Gasteiger partial charge in [-0.25, -0.2) is 4.79 Å². The first-order chi connectivity index (χ1) is 10.6. The van der Waals surface area contributed by atoms with E-state index in [1.807, 2.05) is 6.07 Å². The van der Waals surface area contributed by atoms with Gasteiger partial charge in [-0.2, -0.15) is 10.2 Å². The number of anilines is 1. The smallest absolute Gasteiger partial charge is 0.351 e. The van der Waals surface area contributed by atoms with E-state index in [4.69, 9.17) is 25.6 Å². The Balaban J connectivity index is 2.15. The number of nitrogen functional groups attached to an aromatic ring is 1. The third kappa shape index (κ3) is 3.61. The Labute approximate surface area is 126 Å². The number of hydrogen-bond acceptors (Lipinski definition) is 8. The maximum absolute atomic E-state index is 11.9. The van der Waals surface area contributed by atoms with Crippen molar-refractivity contribution in [2.45, 2.75) is 37.9 Å². The highest BCUT2D eigenvalue weighted by molar-refractivity contribution is 5.36. The number of hydrogen-bond donors (Lipinski definition) is 3. The minimum atomic E-state index is -0.852. The van der Waals surface area contributed by atoms with Crippen LogP contribution in [0.4, 0.5) is 5.82 Å². The predicted molar refractivity (Wildman–Crippen MR) is 74.4 cm³/mol. The molecule has 1 aromatic rings. The first kappa shape index (κ1) is 16.4. The molecule has 0 aliphatic carbocycles. The average Bonchev–Trinajstić information content (AvgIpc) is 2.86. The normalized spacial score (nSPS) is 24.3. The second kappa shape index (κ2) is 7.33. The molecule has 1 fully saturated rings. The van der Waals surface area contributed by atoms with Gasteiger partial charge in [-0.1, -0.05) is 0 Å². The van der Waals surface area contributed by atoms with Gasteiger partial charge < -0.3 is 25.4 Å². The van der Waals surface area contributed by atoms with E-state index < -0.39 is 24.1 Å². The fourth-order valence-corrected chi connectivity index (χ4v) is 2.19. The molecule has 9 heteroatoms. The number of nitrogens with zero attached hydrogens (tertiary/aromatic N) is 3. The van der Waals surface area contributed by atoms with Crippen LogP contribution in [0.15, 0.2) is 11.0 Å². The fraction of sp³-hybridized carbons (Fsp3) is 0.615. The summed E-state index contributed by atoms with van der Waals surface area (Å²) in [6.07, 6.45) is -0.409. The van der Waals surface area contributed by atoms with Crippen molar-refractivity contribution in [2.75, 3.05) is 18.9 Å². The molecule has 3 atom stereocenters. The van der Waals surface area contributed by atoms with Crippen LogP contribution in [-0.2, 0) is 16.1 Å². The van der Waals surface area contributed by atoms with Crippen molar-refractivity contribution in [1.29, 1.82) is 5.26 Å². The van der Waals surface area contributed by atoms with Crippen molar-refractivity contribution in [1.82, 2.24) is 9.55 Å². The number of aliphatic hydroxyl groups excluding tert-OH is 2. The molecule has 9 nitrogen and oxygen atoms in total. The van der Waals surface area contributed by atoms with E-state index in [0.29, 0.717) is 5.56 Å². The summed E-state index contributed by atoms with van der Waals surface area (Å²) < 4.78 is 11.9. The van der Waals surface area contributed by atoms with Crippen molar-refractivity contribution in [3.63, 3.8) is 0 Å². The van der Waals surface area contributed by atoms with E-state index >= 15 is 0 Å². The van der Waals surface area contributed by atoms with Crippen LogP contribution in [0.3, 0.4) is 0 Å². The summed E-state index contributed by atoms with van der Waals surface area (Å²) in [5.41, 5.74) is 5.57. The summed E-state index contributed by atoms with van der Waals surface area (Å²) in [6.45, 7) is 0.0265. The Hall–Kier alpha value is -1.99. The topological polar surface area (TPSA) is 144 Å². The molecule has 1 aromatic heterocycles. The van der Waals surface area contributed by atoms with Gasteiger partial charge in [-0.05, 0) is 0 Å². The Morgan fingerprint density at radius 2 is 2.41 bits per heavy atom. The van der Waals surface area contributed by atoms with Crippen LogP contribution in [0.25, 0.3) is 0 Å². The molecule has 1 aliphatic rings. The zero-order valence-corrected chi connectivity index (χ0v) is 11.9. The van der Waals surface area contributed by atoms with E-state index in [9.17, 15) is 9.90 Å². The largest absolute Gasteiger partial charge is 0.394 e. The summed E-state index contributed by atoms with van der Waals surface area (Å²) >= 11 is 0. The lowest BCUT2D eigenvalue weighted by atomic mass is 10.2. The number of nitrogens with two attached hydrogens (primary N) is 1. The van der Waals surface area contributed by atoms with Gasteiger partial charge in [0, 0.05) is 18.2 Å². The van der Waals surface area contributed by atoms with Gasteiger partial charge in [0.25, 0.3) is 0 Å². The van der Waals surface area contributed by atoms with Gasteiger partial charge in [0.1, 0.15) is 18.1 Å². The van der Waals surface area contributed by atoms with Crippen molar-refractivity contribution >= 4 is 5.82 Å². The molecule has 0 unspecified atom stereocenters. The summed E-state index contributed by atoms with van der Waals surface area (Å²) in [5, 5.41) is 27.3. The predicted octanol–water partition coefficient (Wildman–Crippen LogP) is -1.10. The summed E-state index contributed by atoms with van der Waals surface area (Å²) in [7, 11) is 0. The average molecular weight is 310 g/mol. The van der Waals surface area contributed by atoms with E-state index in [-0.39, 0.29) is 38.5 Å². The number of nitriles is 1. The Kier molecular flexibility index (Phi) is 5.46. The highest BCUT2D eigenvalue weighted by Crippen LogP contribution is 2.27. The third-order valence-electron chi connectivity index (χ3n) is 3.37. The zero-order valence-electron chi connectivity index (χ0n) is 11.9. The molecule has 2 heterocycles. The Morgan fingerprint density at radius 3 is 3.05 bits per heavy atom. The van der Waals surface area contributed by atoms with E-state index in [1.165, 1.54) is 10.8 Å². The van der Waals surface area contributed by atoms with Crippen molar-refractivity contribution in [2.24, 2.45) is 0 Å². The van der Waals surface area contributed by atoms with Gasteiger partial charge in [0.05, 0.1) is 38.4 Å². The van der Waals surface area contributed by atoms with Crippen LogP contribution in [0.5, 0.6) is 0 Å². The number of aliphatic hydroxyl groups is 2. The quantitative estimate of drug-likeness (QED) is 0.561.